The molecule has 0 spiro atoms. The number of benzene rings is 1. The van der Waals surface area contributed by atoms with Gasteiger partial charge in [-0.15, -0.1) is 0 Å². The van der Waals surface area contributed by atoms with Crippen LogP contribution in [0.15, 0.2) is 18.2 Å². The van der Waals surface area contributed by atoms with Crippen molar-refractivity contribution < 1.29 is 10.0 Å². The lowest BCUT2D eigenvalue weighted by Gasteiger charge is -2.29. The average Bonchev–Trinajstić information content (AvgIpc) is 2.88. The Bertz CT molecular complexity index is 485. The summed E-state index contributed by atoms with van der Waals surface area (Å²) in [5.41, 5.74) is 0.613. The predicted molar refractivity (Wildman–Crippen MR) is 79.2 cm³/mol. The van der Waals surface area contributed by atoms with Crippen LogP contribution in [0.2, 0.25) is 0 Å². The van der Waals surface area contributed by atoms with Crippen LogP contribution < -0.4 is 10.6 Å². The SMILES string of the molecule is CCNc1cccc(NC2(CO)CCCC2)c1[N+](=O)[O-]. The molecule has 0 aliphatic heterocycles. The standard InChI is InChI=1S/C14H21N3O3/c1-2-15-11-6-5-7-12(13(11)17(19)20)16-14(10-18)8-3-4-9-14/h5-7,15-16,18H,2-4,8-10H2,1H3. The molecule has 20 heavy (non-hydrogen) atoms. The van der Waals surface area contributed by atoms with E-state index in [-0.39, 0.29) is 17.2 Å². The number of hydrogen-bond acceptors (Lipinski definition) is 5. The van der Waals surface area contributed by atoms with Crippen LogP contribution in [-0.4, -0.2) is 28.7 Å². The minimum absolute atomic E-state index is 0.00438. The Morgan fingerprint density at radius 1 is 1.35 bits per heavy atom. The molecule has 2 rings (SSSR count). The normalized spacial score (nSPS) is 16.9. The lowest BCUT2D eigenvalue weighted by molar-refractivity contribution is -0.383. The van der Waals surface area contributed by atoms with Gasteiger partial charge in [0.05, 0.1) is 17.1 Å². The molecule has 110 valence electrons. The Balaban J connectivity index is 2.35. The van der Waals surface area contributed by atoms with Crippen molar-refractivity contribution in [3.8, 4) is 0 Å². The molecule has 1 aliphatic carbocycles. The highest BCUT2D eigenvalue weighted by molar-refractivity contribution is 5.76. The van der Waals surface area contributed by atoms with Crippen LogP contribution in [0.1, 0.15) is 32.6 Å². The summed E-state index contributed by atoms with van der Waals surface area (Å²) >= 11 is 0. The van der Waals surface area contributed by atoms with Gasteiger partial charge in [-0.2, -0.15) is 0 Å². The maximum Gasteiger partial charge on any atom is 0.315 e. The van der Waals surface area contributed by atoms with Crippen LogP contribution in [0.4, 0.5) is 17.1 Å². The van der Waals surface area contributed by atoms with Crippen molar-refractivity contribution in [2.75, 3.05) is 23.8 Å². The van der Waals surface area contributed by atoms with Gasteiger partial charge in [0, 0.05) is 6.54 Å². The number of nitrogens with one attached hydrogen (secondary N) is 2. The second-order valence-corrected chi connectivity index (χ2v) is 5.26. The summed E-state index contributed by atoms with van der Waals surface area (Å²) in [5, 5.41) is 27.2. The van der Waals surface area contributed by atoms with Gasteiger partial charge in [-0.25, -0.2) is 0 Å². The molecule has 1 fully saturated rings. The van der Waals surface area contributed by atoms with Crippen molar-refractivity contribution >= 4 is 17.1 Å². The molecule has 0 aromatic heterocycles. The van der Waals surface area contributed by atoms with Crippen LogP contribution in [0.3, 0.4) is 0 Å². The first-order chi connectivity index (χ1) is 9.62. The summed E-state index contributed by atoms with van der Waals surface area (Å²) in [6.45, 7) is 2.51. The van der Waals surface area contributed by atoms with Crippen molar-refractivity contribution in [2.24, 2.45) is 0 Å². The highest BCUT2D eigenvalue weighted by atomic mass is 16.6. The van der Waals surface area contributed by atoms with Crippen molar-refractivity contribution in [3.63, 3.8) is 0 Å². The highest BCUT2D eigenvalue weighted by Gasteiger charge is 2.35. The van der Waals surface area contributed by atoms with Crippen LogP contribution in [-0.2, 0) is 0 Å². The molecule has 0 saturated heterocycles. The minimum atomic E-state index is -0.421. The molecule has 0 unspecified atom stereocenters. The van der Waals surface area contributed by atoms with Gasteiger partial charge in [-0.1, -0.05) is 18.9 Å². The van der Waals surface area contributed by atoms with E-state index >= 15 is 0 Å². The quantitative estimate of drug-likeness (QED) is 0.550. The molecule has 0 heterocycles. The first-order valence-corrected chi connectivity index (χ1v) is 7.02. The number of nitrogens with zero attached hydrogens (tertiary/aromatic N) is 1. The molecule has 0 bridgehead atoms. The number of hydrogen-bond donors (Lipinski definition) is 3. The fraction of sp³-hybridized carbons (Fsp3) is 0.571. The van der Waals surface area contributed by atoms with Gasteiger partial charge in [-0.05, 0) is 31.9 Å². The number of aliphatic hydroxyl groups excluding tert-OH is 1. The summed E-state index contributed by atoms with van der Waals surface area (Å²) in [4.78, 5) is 11.0. The zero-order valence-corrected chi connectivity index (χ0v) is 11.7. The smallest absolute Gasteiger partial charge is 0.315 e. The van der Waals surface area contributed by atoms with Crippen LogP contribution >= 0.6 is 0 Å². The highest BCUT2D eigenvalue weighted by Crippen LogP contribution is 2.38. The van der Waals surface area contributed by atoms with Crippen LogP contribution in [0, 0.1) is 10.1 Å². The molecule has 1 aromatic carbocycles. The van der Waals surface area contributed by atoms with Gasteiger partial charge in [0.1, 0.15) is 11.4 Å². The van der Waals surface area contributed by atoms with E-state index in [1.54, 1.807) is 18.2 Å². The number of aliphatic hydroxyl groups is 1. The van der Waals surface area contributed by atoms with Crippen molar-refractivity contribution in [2.45, 2.75) is 38.1 Å². The molecular formula is C14H21N3O3. The van der Waals surface area contributed by atoms with Crippen molar-refractivity contribution in [1.82, 2.24) is 0 Å². The van der Waals surface area contributed by atoms with Crippen LogP contribution in [0.5, 0.6) is 0 Å². The topological polar surface area (TPSA) is 87.4 Å². The maximum absolute atomic E-state index is 11.3. The minimum Gasteiger partial charge on any atom is -0.394 e. The maximum atomic E-state index is 11.3. The molecule has 1 aliphatic rings. The van der Waals surface area contributed by atoms with E-state index in [2.05, 4.69) is 10.6 Å². The molecule has 1 saturated carbocycles. The summed E-state index contributed by atoms with van der Waals surface area (Å²) in [6, 6.07) is 5.19. The molecule has 6 nitrogen and oxygen atoms in total. The molecule has 6 heteroatoms. The lowest BCUT2D eigenvalue weighted by atomic mass is 9.98. The lowest BCUT2D eigenvalue weighted by Crippen LogP contribution is -2.39. The Labute approximate surface area is 118 Å². The zero-order valence-electron chi connectivity index (χ0n) is 11.7. The number of para-hydroxylation sites is 1. The van der Waals surface area contributed by atoms with Crippen molar-refractivity contribution in [3.05, 3.63) is 28.3 Å². The summed E-state index contributed by atoms with van der Waals surface area (Å²) in [5.74, 6) is 0. The molecule has 1 aromatic rings. The third-order valence-corrected chi connectivity index (χ3v) is 3.85. The van der Waals surface area contributed by atoms with Gasteiger partial charge >= 0.3 is 5.69 Å². The average molecular weight is 279 g/mol. The second-order valence-electron chi connectivity index (χ2n) is 5.26. The van der Waals surface area contributed by atoms with Gasteiger partial charge in [0.2, 0.25) is 0 Å². The monoisotopic (exact) mass is 279 g/mol. The Kier molecular flexibility index (Phi) is 4.44. The third-order valence-electron chi connectivity index (χ3n) is 3.85. The first-order valence-electron chi connectivity index (χ1n) is 7.02. The Morgan fingerprint density at radius 3 is 2.55 bits per heavy atom. The fourth-order valence-corrected chi connectivity index (χ4v) is 2.83. The largest absolute Gasteiger partial charge is 0.394 e. The van der Waals surface area contributed by atoms with E-state index in [0.717, 1.165) is 25.7 Å². The molecule has 0 amide bonds. The van der Waals surface area contributed by atoms with Gasteiger partial charge < -0.3 is 15.7 Å². The van der Waals surface area contributed by atoms with E-state index < -0.39 is 5.54 Å². The summed E-state index contributed by atoms with van der Waals surface area (Å²) < 4.78 is 0. The van der Waals surface area contributed by atoms with E-state index in [4.69, 9.17) is 0 Å². The van der Waals surface area contributed by atoms with E-state index in [0.29, 0.717) is 17.9 Å². The predicted octanol–water partition coefficient (Wildman–Crippen LogP) is 2.74. The van der Waals surface area contributed by atoms with Gasteiger partial charge in [-0.3, -0.25) is 10.1 Å². The number of nitro groups is 1. The van der Waals surface area contributed by atoms with E-state index in [1.165, 1.54) is 0 Å². The number of nitro benzene ring substituents is 1. The van der Waals surface area contributed by atoms with Gasteiger partial charge in [0.15, 0.2) is 0 Å². The zero-order chi connectivity index (χ0) is 14.6. The Morgan fingerprint density at radius 2 is 2.00 bits per heavy atom. The van der Waals surface area contributed by atoms with Gasteiger partial charge in [0.25, 0.3) is 0 Å². The number of anilines is 2. The van der Waals surface area contributed by atoms with Crippen molar-refractivity contribution in [1.29, 1.82) is 0 Å². The molecule has 0 atom stereocenters. The van der Waals surface area contributed by atoms with E-state index in [1.807, 2.05) is 6.92 Å². The van der Waals surface area contributed by atoms with Crippen LogP contribution in [0.25, 0.3) is 0 Å². The first kappa shape index (κ1) is 14.6. The fourth-order valence-electron chi connectivity index (χ4n) is 2.83. The summed E-state index contributed by atoms with van der Waals surface area (Å²) in [6.07, 6.45) is 3.75. The van der Waals surface area contributed by atoms with E-state index in [9.17, 15) is 15.2 Å². The molecular weight excluding hydrogens is 258 g/mol. The Hall–Kier alpha value is -1.82. The molecule has 0 radical (unpaired) electrons. The summed E-state index contributed by atoms with van der Waals surface area (Å²) in [7, 11) is 0. The third kappa shape index (κ3) is 2.85. The second kappa shape index (κ2) is 6.09. The number of rotatable bonds is 6. The molecule has 3 N–H and O–H groups in total.